The summed E-state index contributed by atoms with van der Waals surface area (Å²) in [6, 6.07) is 3.58. The van der Waals surface area contributed by atoms with Crippen molar-refractivity contribution >= 4 is 38.6 Å². The van der Waals surface area contributed by atoms with Crippen molar-refractivity contribution in [2.75, 3.05) is 0 Å². The second-order valence-electron chi connectivity index (χ2n) is 4.64. The number of nitrogens with zero attached hydrogens (tertiary/aromatic N) is 2. The maximum absolute atomic E-state index is 13.8. The van der Waals surface area contributed by atoms with E-state index in [1.807, 2.05) is 0 Å². The number of hydrogen-bond donors (Lipinski definition) is 0. The molecule has 1 atom stereocenters. The lowest BCUT2D eigenvalue weighted by Crippen LogP contribution is -2.11. The van der Waals surface area contributed by atoms with E-state index in [2.05, 4.69) is 39.3 Å². The van der Waals surface area contributed by atoms with Crippen molar-refractivity contribution in [1.29, 1.82) is 0 Å². The van der Waals surface area contributed by atoms with Crippen LogP contribution >= 0.6 is 27.5 Å². The van der Waals surface area contributed by atoms with Crippen LogP contribution in [0.25, 0.3) is 11.0 Å². The van der Waals surface area contributed by atoms with Gasteiger partial charge in [0.15, 0.2) is 0 Å². The third-order valence-electron chi connectivity index (χ3n) is 3.38. The Kier molecular flexibility index (Phi) is 4.85. The molecule has 0 radical (unpaired) electrons. The van der Waals surface area contributed by atoms with Gasteiger partial charge in [-0.25, -0.2) is 9.37 Å². The normalized spacial score (nSPS) is 13.1. The molecule has 0 aliphatic heterocycles. The summed E-state index contributed by atoms with van der Waals surface area (Å²) in [5.74, 6) is 0.893. The van der Waals surface area contributed by atoms with Crippen LogP contribution in [0.2, 0.25) is 0 Å². The number of fused-ring (bicyclic) bond motifs is 1. The molecule has 0 saturated heterocycles. The lowest BCUT2D eigenvalue weighted by molar-refractivity contribution is 0.448. The fraction of sp³-hybridized carbons (Fsp3) is 0.500. The molecule has 0 bridgehead atoms. The average molecular weight is 348 g/mol. The highest BCUT2D eigenvalue weighted by molar-refractivity contribution is 9.10. The fourth-order valence-corrected chi connectivity index (χ4v) is 3.01. The van der Waals surface area contributed by atoms with E-state index in [-0.39, 0.29) is 5.82 Å². The van der Waals surface area contributed by atoms with E-state index in [4.69, 9.17) is 11.6 Å². The maximum atomic E-state index is 13.8. The summed E-state index contributed by atoms with van der Waals surface area (Å²) in [6.45, 7) is 4.29. The van der Waals surface area contributed by atoms with E-state index in [9.17, 15) is 4.39 Å². The van der Waals surface area contributed by atoms with Crippen LogP contribution in [0.1, 0.15) is 45.0 Å². The molecule has 19 heavy (non-hydrogen) atoms. The van der Waals surface area contributed by atoms with Crippen molar-refractivity contribution in [2.24, 2.45) is 0 Å². The molecule has 1 aromatic heterocycles. The molecule has 0 aliphatic rings. The molecule has 5 heteroatoms. The number of imidazole rings is 1. The van der Waals surface area contributed by atoms with Crippen molar-refractivity contribution in [3.63, 3.8) is 0 Å². The summed E-state index contributed by atoms with van der Waals surface area (Å²) in [6.07, 6.45) is 3.11. The SMILES string of the molecule is CCCC(CC)n1c(CCl)nc2cc(Br)c(F)cc21. The first-order valence-corrected chi connectivity index (χ1v) is 7.86. The van der Waals surface area contributed by atoms with Gasteiger partial charge in [0.1, 0.15) is 11.6 Å². The van der Waals surface area contributed by atoms with Gasteiger partial charge in [-0.3, -0.25) is 0 Å². The van der Waals surface area contributed by atoms with Crippen molar-refractivity contribution in [3.05, 3.63) is 28.2 Å². The zero-order chi connectivity index (χ0) is 14.0. The van der Waals surface area contributed by atoms with Gasteiger partial charge in [0.25, 0.3) is 0 Å². The first kappa shape index (κ1) is 14.8. The number of benzene rings is 1. The van der Waals surface area contributed by atoms with E-state index in [1.165, 1.54) is 0 Å². The summed E-state index contributed by atoms with van der Waals surface area (Å²) in [7, 11) is 0. The molecule has 0 saturated carbocycles. The van der Waals surface area contributed by atoms with Gasteiger partial charge >= 0.3 is 0 Å². The summed E-state index contributed by atoms with van der Waals surface area (Å²) >= 11 is 9.20. The van der Waals surface area contributed by atoms with Gasteiger partial charge in [-0.1, -0.05) is 20.3 Å². The van der Waals surface area contributed by atoms with Gasteiger partial charge in [0, 0.05) is 12.1 Å². The van der Waals surface area contributed by atoms with Gasteiger partial charge in [0.2, 0.25) is 0 Å². The predicted octanol–water partition coefficient (Wildman–Crippen LogP) is 5.43. The van der Waals surface area contributed by atoms with E-state index >= 15 is 0 Å². The van der Waals surface area contributed by atoms with Crippen LogP contribution in [0.5, 0.6) is 0 Å². The summed E-state index contributed by atoms with van der Waals surface area (Å²) in [5, 5.41) is 0. The molecule has 2 rings (SSSR count). The number of rotatable bonds is 5. The zero-order valence-corrected chi connectivity index (χ0v) is 13.4. The molecular weight excluding hydrogens is 331 g/mol. The first-order valence-electron chi connectivity index (χ1n) is 6.54. The van der Waals surface area contributed by atoms with Gasteiger partial charge in [-0.05, 0) is 34.8 Å². The largest absolute Gasteiger partial charge is 0.324 e. The average Bonchev–Trinajstić information content (AvgIpc) is 2.74. The molecule has 104 valence electrons. The Morgan fingerprint density at radius 1 is 1.42 bits per heavy atom. The Balaban J connectivity index is 2.65. The number of halogens is 3. The Hall–Kier alpha value is -0.610. The van der Waals surface area contributed by atoms with Crippen molar-refractivity contribution in [3.8, 4) is 0 Å². The second kappa shape index (κ2) is 6.23. The van der Waals surface area contributed by atoms with Crippen LogP contribution in [0.15, 0.2) is 16.6 Å². The Morgan fingerprint density at radius 2 is 2.16 bits per heavy atom. The summed E-state index contributed by atoms with van der Waals surface area (Å²) in [5.41, 5.74) is 1.62. The standard InChI is InChI=1S/C14H17BrClFN2/c1-3-5-9(4-2)19-13-7-11(17)10(15)6-12(13)18-14(19)8-16/h6-7,9H,3-5,8H2,1-2H3. The van der Waals surface area contributed by atoms with E-state index in [0.717, 1.165) is 36.1 Å². The van der Waals surface area contributed by atoms with Gasteiger partial charge in [-0.15, -0.1) is 11.6 Å². The molecule has 1 heterocycles. The van der Waals surface area contributed by atoms with E-state index < -0.39 is 0 Å². The zero-order valence-electron chi connectivity index (χ0n) is 11.1. The van der Waals surface area contributed by atoms with Crippen molar-refractivity contribution in [2.45, 2.75) is 45.0 Å². The quantitative estimate of drug-likeness (QED) is 0.660. The molecule has 2 aromatic rings. The van der Waals surface area contributed by atoms with E-state index in [1.54, 1.807) is 12.1 Å². The van der Waals surface area contributed by atoms with Crippen LogP contribution in [0, 0.1) is 5.82 Å². The van der Waals surface area contributed by atoms with Gasteiger partial charge < -0.3 is 4.57 Å². The predicted molar refractivity (Wildman–Crippen MR) is 81.2 cm³/mol. The first-order chi connectivity index (χ1) is 9.12. The molecule has 0 fully saturated rings. The fourth-order valence-electron chi connectivity index (χ4n) is 2.49. The minimum atomic E-state index is -0.263. The van der Waals surface area contributed by atoms with Crippen LogP contribution in [-0.4, -0.2) is 9.55 Å². The lowest BCUT2D eigenvalue weighted by atomic mass is 10.1. The number of hydrogen-bond acceptors (Lipinski definition) is 1. The second-order valence-corrected chi connectivity index (χ2v) is 5.76. The maximum Gasteiger partial charge on any atom is 0.139 e. The van der Waals surface area contributed by atoms with Crippen molar-refractivity contribution < 1.29 is 4.39 Å². The smallest absolute Gasteiger partial charge is 0.139 e. The topological polar surface area (TPSA) is 17.8 Å². The van der Waals surface area contributed by atoms with Crippen molar-refractivity contribution in [1.82, 2.24) is 9.55 Å². The lowest BCUT2D eigenvalue weighted by Gasteiger charge is -2.19. The monoisotopic (exact) mass is 346 g/mol. The summed E-state index contributed by atoms with van der Waals surface area (Å²) in [4.78, 5) is 4.52. The Morgan fingerprint density at radius 3 is 2.74 bits per heavy atom. The molecule has 2 nitrogen and oxygen atoms in total. The minimum Gasteiger partial charge on any atom is -0.324 e. The van der Waals surface area contributed by atoms with Crippen LogP contribution < -0.4 is 0 Å². The molecule has 0 N–H and O–H groups in total. The Labute approximate surface area is 126 Å². The van der Waals surface area contributed by atoms with E-state index in [0.29, 0.717) is 16.4 Å². The minimum absolute atomic E-state index is 0.263. The third kappa shape index (κ3) is 2.79. The molecular formula is C14H17BrClFN2. The molecule has 0 aliphatic carbocycles. The molecule has 1 unspecified atom stereocenters. The molecule has 0 amide bonds. The van der Waals surface area contributed by atoms with Gasteiger partial charge in [-0.2, -0.15) is 0 Å². The highest BCUT2D eigenvalue weighted by Gasteiger charge is 2.18. The third-order valence-corrected chi connectivity index (χ3v) is 4.23. The number of aromatic nitrogens is 2. The van der Waals surface area contributed by atoms with Gasteiger partial charge in [0.05, 0.1) is 21.4 Å². The van der Waals surface area contributed by atoms with Crippen LogP contribution in [0.4, 0.5) is 4.39 Å². The number of alkyl halides is 1. The Bertz CT molecular complexity index is 582. The van der Waals surface area contributed by atoms with Crippen LogP contribution in [-0.2, 0) is 5.88 Å². The van der Waals surface area contributed by atoms with Crippen LogP contribution in [0.3, 0.4) is 0 Å². The molecule has 1 aromatic carbocycles. The highest BCUT2D eigenvalue weighted by atomic mass is 79.9. The highest BCUT2D eigenvalue weighted by Crippen LogP contribution is 2.30. The summed E-state index contributed by atoms with van der Waals surface area (Å²) < 4.78 is 16.3. The molecule has 0 spiro atoms.